The molecule has 106 valence electrons. The Hall–Kier alpha value is -1.06. The topological polar surface area (TPSA) is 26.7 Å². The van der Waals surface area contributed by atoms with E-state index in [9.17, 15) is 5.11 Å². The van der Waals surface area contributed by atoms with Crippen LogP contribution in [-0.2, 0) is 0 Å². The van der Waals surface area contributed by atoms with Gasteiger partial charge in [-0.3, -0.25) is 0 Å². The van der Waals surface area contributed by atoms with Crippen LogP contribution in [0.5, 0.6) is 0 Å². The van der Waals surface area contributed by atoms with Crippen LogP contribution in [0.3, 0.4) is 0 Å². The molecule has 0 amide bonds. The SMILES string of the molecule is CCC(O)c1ccc(N2CCCC(N(C)C)C2)cc1. The van der Waals surface area contributed by atoms with Crippen LogP contribution in [-0.4, -0.2) is 43.2 Å². The maximum Gasteiger partial charge on any atom is 0.0787 e. The van der Waals surface area contributed by atoms with Crippen LogP contribution in [0, 0.1) is 0 Å². The van der Waals surface area contributed by atoms with Crippen molar-refractivity contribution in [1.29, 1.82) is 0 Å². The quantitative estimate of drug-likeness (QED) is 0.903. The number of aliphatic hydroxyl groups excluding tert-OH is 1. The van der Waals surface area contributed by atoms with Crippen LogP contribution >= 0.6 is 0 Å². The van der Waals surface area contributed by atoms with Crippen molar-refractivity contribution in [1.82, 2.24) is 4.90 Å². The molecule has 3 heteroatoms. The van der Waals surface area contributed by atoms with Gasteiger partial charge in [-0.15, -0.1) is 0 Å². The van der Waals surface area contributed by atoms with Gasteiger partial charge in [-0.2, -0.15) is 0 Å². The summed E-state index contributed by atoms with van der Waals surface area (Å²) in [6.07, 6.45) is 2.98. The van der Waals surface area contributed by atoms with Gasteiger partial charge in [0.25, 0.3) is 0 Å². The Labute approximate surface area is 116 Å². The van der Waals surface area contributed by atoms with E-state index < -0.39 is 0 Å². The first-order valence-electron chi connectivity index (χ1n) is 7.31. The third-order valence-electron chi connectivity index (χ3n) is 4.16. The number of benzene rings is 1. The van der Waals surface area contributed by atoms with E-state index in [0.717, 1.165) is 25.1 Å². The van der Waals surface area contributed by atoms with Gasteiger partial charge in [0.15, 0.2) is 0 Å². The number of hydrogen-bond donors (Lipinski definition) is 1. The van der Waals surface area contributed by atoms with Gasteiger partial charge in [0.2, 0.25) is 0 Å². The molecule has 1 heterocycles. The molecule has 19 heavy (non-hydrogen) atoms. The Morgan fingerprint density at radius 1 is 1.32 bits per heavy atom. The molecule has 1 aromatic carbocycles. The number of aliphatic hydroxyl groups is 1. The van der Waals surface area contributed by atoms with E-state index in [0.29, 0.717) is 6.04 Å². The third kappa shape index (κ3) is 3.48. The lowest BCUT2D eigenvalue weighted by Gasteiger charge is -2.37. The van der Waals surface area contributed by atoms with Crippen molar-refractivity contribution in [2.75, 3.05) is 32.1 Å². The monoisotopic (exact) mass is 262 g/mol. The number of rotatable bonds is 4. The Kier molecular flexibility index (Phi) is 4.83. The minimum atomic E-state index is -0.329. The molecule has 0 radical (unpaired) electrons. The summed E-state index contributed by atoms with van der Waals surface area (Å²) in [4.78, 5) is 4.78. The lowest BCUT2D eigenvalue weighted by atomic mass is 10.0. The Morgan fingerprint density at radius 2 is 2.00 bits per heavy atom. The van der Waals surface area contributed by atoms with E-state index in [2.05, 4.69) is 48.2 Å². The van der Waals surface area contributed by atoms with E-state index >= 15 is 0 Å². The minimum Gasteiger partial charge on any atom is -0.388 e. The van der Waals surface area contributed by atoms with Gasteiger partial charge in [0.1, 0.15) is 0 Å². The number of likely N-dealkylation sites (N-methyl/N-ethyl adjacent to an activating group) is 1. The summed E-state index contributed by atoms with van der Waals surface area (Å²) in [6.45, 7) is 4.24. The fourth-order valence-electron chi connectivity index (χ4n) is 2.75. The summed E-state index contributed by atoms with van der Waals surface area (Å²) < 4.78 is 0. The number of piperidine rings is 1. The third-order valence-corrected chi connectivity index (χ3v) is 4.16. The van der Waals surface area contributed by atoms with Gasteiger partial charge >= 0.3 is 0 Å². The molecule has 1 N–H and O–H groups in total. The van der Waals surface area contributed by atoms with Crippen molar-refractivity contribution in [3.63, 3.8) is 0 Å². The smallest absolute Gasteiger partial charge is 0.0787 e. The first-order valence-corrected chi connectivity index (χ1v) is 7.31. The van der Waals surface area contributed by atoms with Crippen LogP contribution < -0.4 is 4.90 Å². The molecule has 1 fully saturated rings. The molecule has 2 unspecified atom stereocenters. The zero-order chi connectivity index (χ0) is 13.8. The summed E-state index contributed by atoms with van der Waals surface area (Å²) >= 11 is 0. The number of hydrogen-bond acceptors (Lipinski definition) is 3. The molecule has 0 aromatic heterocycles. The molecule has 1 aromatic rings. The van der Waals surface area contributed by atoms with Gasteiger partial charge in [0.05, 0.1) is 6.10 Å². The molecule has 2 rings (SSSR count). The maximum atomic E-state index is 9.83. The second-order valence-corrected chi connectivity index (χ2v) is 5.72. The molecule has 0 bridgehead atoms. The Morgan fingerprint density at radius 3 is 2.58 bits per heavy atom. The van der Waals surface area contributed by atoms with Crippen molar-refractivity contribution in [3.8, 4) is 0 Å². The highest BCUT2D eigenvalue weighted by molar-refractivity contribution is 5.48. The maximum absolute atomic E-state index is 9.83. The average molecular weight is 262 g/mol. The molecule has 3 nitrogen and oxygen atoms in total. The predicted octanol–water partition coefficient (Wildman–Crippen LogP) is 2.66. The van der Waals surface area contributed by atoms with Crippen molar-refractivity contribution < 1.29 is 5.11 Å². The normalized spacial score (nSPS) is 21.7. The second kappa shape index (κ2) is 6.40. The fraction of sp³-hybridized carbons (Fsp3) is 0.625. The van der Waals surface area contributed by atoms with Gasteiger partial charge in [-0.25, -0.2) is 0 Å². The largest absolute Gasteiger partial charge is 0.388 e. The molecule has 1 saturated heterocycles. The Bertz CT molecular complexity index is 388. The van der Waals surface area contributed by atoms with Crippen molar-refractivity contribution >= 4 is 5.69 Å². The lowest BCUT2D eigenvalue weighted by molar-refractivity contribution is 0.173. The molecule has 1 aliphatic rings. The molecule has 2 atom stereocenters. The lowest BCUT2D eigenvalue weighted by Crippen LogP contribution is -2.45. The number of nitrogens with zero attached hydrogens (tertiary/aromatic N) is 2. The van der Waals surface area contributed by atoms with Crippen molar-refractivity contribution in [2.45, 2.75) is 38.3 Å². The van der Waals surface area contributed by atoms with Crippen LogP contribution in [0.2, 0.25) is 0 Å². The summed E-state index contributed by atoms with van der Waals surface area (Å²) in [7, 11) is 4.32. The summed E-state index contributed by atoms with van der Waals surface area (Å²) in [5, 5.41) is 9.83. The van der Waals surface area contributed by atoms with Crippen LogP contribution in [0.25, 0.3) is 0 Å². The molecule has 1 aliphatic heterocycles. The van der Waals surface area contributed by atoms with Crippen LogP contribution in [0.4, 0.5) is 5.69 Å². The minimum absolute atomic E-state index is 0.329. The predicted molar refractivity (Wildman–Crippen MR) is 80.6 cm³/mol. The molecular formula is C16H26N2O. The zero-order valence-electron chi connectivity index (χ0n) is 12.3. The summed E-state index contributed by atoms with van der Waals surface area (Å²) in [5.41, 5.74) is 2.30. The summed E-state index contributed by atoms with van der Waals surface area (Å²) in [6, 6.07) is 9.05. The average Bonchev–Trinajstić information content (AvgIpc) is 2.46. The zero-order valence-corrected chi connectivity index (χ0v) is 12.3. The van der Waals surface area contributed by atoms with Crippen molar-refractivity contribution in [2.24, 2.45) is 0 Å². The highest BCUT2D eigenvalue weighted by atomic mass is 16.3. The first-order chi connectivity index (χ1) is 9.11. The van der Waals surface area contributed by atoms with Crippen molar-refractivity contribution in [3.05, 3.63) is 29.8 Å². The van der Waals surface area contributed by atoms with Gasteiger partial charge in [-0.05, 0) is 51.1 Å². The first kappa shape index (κ1) is 14.4. The highest BCUT2D eigenvalue weighted by Crippen LogP contribution is 2.24. The van der Waals surface area contributed by atoms with E-state index in [1.807, 2.05) is 6.92 Å². The van der Waals surface area contributed by atoms with Gasteiger partial charge in [0, 0.05) is 24.8 Å². The van der Waals surface area contributed by atoms with E-state index in [1.54, 1.807) is 0 Å². The standard InChI is InChI=1S/C16H26N2O/c1-4-16(19)13-7-9-14(10-8-13)18-11-5-6-15(12-18)17(2)3/h7-10,15-16,19H,4-6,11-12H2,1-3H3. The van der Waals surface area contributed by atoms with Gasteiger partial charge < -0.3 is 14.9 Å². The molecule has 0 spiro atoms. The molecular weight excluding hydrogens is 236 g/mol. The van der Waals surface area contributed by atoms with E-state index in [4.69, 9.17) is 0 Å². The van der Waals surface area contributed by atoms with E-state index in [-0.39, 0.29) is 6.10 Å². The highest BCUT2D eigenvalue weighted by Gasteiger charge is 2.21. The number of anilines is 1. The van der Waals surface area contributed by atoms with Crippen LogP contribution in [0.1, 0.15) is 37.9 Å². The second-order valence-electron chi connectivity index (χ2n) is 5.72. The van der Waals surface area contributed by atoms with Gasteiger partial charge in [-0.1, -0.05) is 19.1 Å². The molecule has 0 aliphatic carbocycles. The Balaban J connectivity index is 2.05. The van der Waals surface area contributed by atoms with Crippen LogP contribution in [0.15, 0.2) is 24.3 Å². The molecule has 0 saturated carbocycles. The fourth-order valence-corrected chi connectivity index (χ4v) is 2.75. The summed E-state index contributed by atoms with van der Waals surface area (Å²) in [5.74, 6) is 0. The van der Waals surface area contributed by atoms with E-state index in [1.165, 1.54) is 18.5 Å².